The Labute approximate surface area is 117 Å². The molecule has 0 unspecified atom stereocenters. The molecule has 0 amide bonds. The summed E-state index contributed by atoms with van der Waals surface area (Å²) in [5.74, 6) is 0.504. The fraction of sp³-hybridized carbons (Fsp3) is 0.333. The summed E-state index contributed by atoms with van der Waals surface area (Å²) in [4.78, 5) is 2.55. The quantitative estimate of drug-likeness (QED) is 0.869. The molecule has 4 heteroatoms. The predicted molar refractivity (Wildman–Crippen MR) is 77.2 cm³/mol. The van der Waals surface area contributed by atoms with Crippen LogP contribution in [0.15, 0.2) is 30.3 Å². The molecule has 2 rings (SSSR count). The zero-order chi connectivity index (χ0) is 13.7. The lowest BCUT2D eigenvalue weighted by Crippen LogP contribution is -2.07. The maximum absolute atomic E-state index is 13.2. The number of rotatable bonds is 6. The molecule has 0 aliphatic heterocycles. The van der Waals surface area contributed by atoms with Gasteiger partial charge in [-0.1, -0.05) is 6.92 Å². The summed E-state index contributed by atoms with van der Waals surface area (Å²) in [6.45, 7) is 3.27. The molecule has 102 valence electrons. The standard InChI is InChI=1S/C15H18FNOS/c1-3-13-5-6-14(19-13)10-18-15-7-4-12(16)8-11(15)9-17-2/h4-8,17H,3,9-10H2,1-2H3. The Hall–Kier alpha value is -1.39. The fourth-order valence-electron chi connectivity index (χ4n) is 1.86. The van der Waals surface area contributed by atoms with E-state index in [4.69, 9.17) is 4.74 Å². The lowest BCUT2D eigenvalue weighted by molar-refractivity contribution is 0.305. The fourth-order valence-corrected chi connectivity index (χ4v) is 2.73. The van der Waals surface area contributed by atoms with Crippen LogP contribution in [0.3, 0.4) is 0 Å². The summed E-state index contributed by atoms with van der Waals surface area (Å²) in [6.07, 6.45) is 1.05. The molecule has 0 aliphatic carbocycles. The number of aryl methyl sites for hydroxylation is 1. The van der Waals surface area contributed by atoms with Gasteiger partial charge in [0.15, 0.2) is 0 Å². The van der Waals surface area contributed by atoms with Crippen molar-refractivity contribution in [3.8, 4) is 5.75 Å². The normalized spacial score (nSPS) is 10.7. The minimum absolute atomic E-state index is 0.234. The van der Waals surface area contributed by atoms with Crippen LogP contribution in [-0.4, -0.2) is 7.05 Å². The second kappa shape index (κ2) is 6.68. The van der Waals surface area contributed by atoms with Crippen molar-refractivity contribution in [1.29, 1.82) is 0 Å². The lowest BCUT2D eigenvalue weighted by Gasteiger charge is -2.10. The topological polar surface area (TPSA) is 21.3 Å². The molecule has 2 nitrogen and oxygen atoms in total. The van der Waals surface area contributed by atoms with Crippen molar-refractivity contribution in [2.24, 2.45) is 0 Å². The summed E-state index contributed by atoms with van der Waals surface area (Å²) in [5.41, 5.74) is 0.842. The van der Waals surface area contributed by atoms with Gasteiger partial charge < -0.3 is 10.1 Å². The third-order valence-electron chi connectivity index (χ3n) is 2.83. The first-order valence-electron chi connectivity index (χ1n) is 6.36. The van der Waals surface area contributed by atoms with E-state index >= 15 is 0 Å². The zero-order valence-electron chi connectivity index (χ0n) is 11.2. The number of halogens is 1. The van der Waals surface area contributed by atoms with Gasteiger partial charge >= 0.3 is 0 Å². The predicted octanol–water partition coefficient (Wildman–Crippen LogP) is 3.75. The Morgan fingerprint density at radius 3 is 2.68 bits per heavy atom. The Morgan fingerprint density at radius 1 is 1.21 bits per heavy atom. The first kappa shape index (κ1) is 14.0. The van der Waals surface area contributed by atoms with Crippen LogP contribution >= 0.6 is 11.3 Å². The molecule has 0 saturated heterocycles. The molecule has 1 aromatic carbocycles. The molecule has 0 radical (unpaired) electrons. The molecule has 0 saturated carbocycles. The Kier molecular flexibility index (Phi) is 4.93. The minimum atomic E-state index is -0.234. The molecule has 1 aromatic heterocycles. The van der Waals surface area contributed by atoms with Crippen LogP contribution in [-0.2, 0) is 19.6 Å². The first-order chi connectivity index (χ1) is 9.22. The minimum Gasteiger partial charge on any atom is -0.488 e. The Balaban J connectivity index is 2.05. The number of benzene rings is 1. The van der Waals surface area contributed by atoms with Gasteiger partial charge in [0.25, 0.3) is 0 Å². The van der Waals surface area contributed by atoms with Crippen molar-refractivity contribution in [2.45, 2.75) is 26.5 Å². The van der Waals surface area contributed by atoms with Gasteiger partial charge in [-0.25, -0.2) is 4.39 Å². The van der Waals surface area contributed by atoms with Gasteiger partial charge in [-0.05, 0) is 43.8 Å². The molecule has 1 heterocycles. The van der Waals surface area contributed by atoms with E-state index in [-0.39, 0.29) is 5.82 Å². The third kappa shape index (κ3) is 3.78. The third-order valence-corrected chi connectivity index (χ3v) is 4.03. The van der Waals surface area contributed by atoms with Crippen LogP contribution in [0.4, 0.5) is 4.39 Å². The largest absolute Gasteiger partial charge is 0.488 e. The van der Waals surface area contributed by atoms with Crippen molar-refractivity contribution < 1.29 is 9.13 Å². The Bertz CT molecular complexity index is 539. The van der Waals surface area contributed by atoms with E-state index in [0.717, 1.165) is 17.7 Å². The van der Waals surface area contributed by atoms with Gasteiger partial charge in [0.2, 0.25) is 0 Å². The van der Waals surface area contributed by atoms with E-state index in [0.29, 0.717) is 13.2 Å². The van der Waals surface area contributed by atoms with Crippen molar-refractivity contribution in [3.05, 3.63) is 51.5 Å². The van der Waals surface area contributed by atoms with E-state index in [2.05, 4.69) is 24.4 Å². The van der Waals surface area contributed by atoms with Crippen molar-refractivity contribution >= 4 is 11.3 Å². The van der Waals surface area contributed by atoms with Crippen LogP contribution < -0.4 is 10.1 Å². The van der Waals surface area contributed by atoms with Crippen LogP contribution in [0, 0.1) is 5.82 Å². The highest BCUT2D eigenvalue weighted by Crippen LogP contribution is 2.23. The molecule has 0 spiro atoms. The number of nitrogens with one attached hydrogen (secondary N) is 1. The molecule has 19 heavy (non-hydrogen) atoms. The number of thiophene rings is 1. The monoisotopic (exact) mass is 279 g/mol. The van der Waals surface area contributed by atoms with Gasteiger partial charge in [-0.2, -0.15) is 0 Å². The number of hydrogen-bond donors (Lipinski definition) is 1. The van der Waals surface area contributed by atoms with Crippen LogP contribution in [0.2, 0.25) is 0 Å². The van der Waals surface area contributed by atoms with E-state index < -0.39 is 0 Å². The van der Waals surface area contributed by atoms with E-state index in [1.807, 2.05) is 7.05 Å². The van der Waals surface area contributed by atoms with Crippen molar-refractivity contribution in [3.63, 3.8) is 0 Å². The van der Waals surface area contributed by atoms with E-state index in [1.165, 1.54) is 21.9 Å². The SMILES string of the molecule is CCc1ccc(COc2ccc(F)cc2CNC)s1. The van der Waals surface area contributed by atoms with Gasteiger partial charge in [-0.3, -0.25) is 0 Å². The summed E-state index contributed by atoms with van der Waals surface area (Å²) in [5, 5.41) is 3.02. The van der Waals surface area contributed by atoms with E-state index in [1.54, 1.807) is 17.4 Å². The maximum atomic E-state index is 13.2. The van der Waals surface area contributed by atoms with Gasteiger partial charge in [0.05, 0.1) is 0 Å². The maximum Gasteiger partial charge on any atom is 0.124 e. The molecule has 2 aromatic rings. The molecule has 0 fully saturated rings. The summed E-state index contributed by atoms with van der Waals surface area (Å²) in [6, 6.07) is 8.85. The molecular weight excluding hydrogens is 261 g/mol. The second-order valence-corrected chi connectivity index (χ2v) is 5.55. The second-order valence-electron chi connectivity index (χ2n) is 4.29. The lowest BCUT2D eigenvalue weighted by atomic mass is 10.2. The number of ether oxygens (including phenoxy) is 1. The van der Waals surface area contributed by atoms with Crippen LogP contribution in [0.25, 0.3) is 0 Å². The molecule has 0 atom stereocenters. The molecule has 0 aliphatic rings. The van der Waals surface area contributed by atoms with Crippen LogP contribution in [0.1, 0.15) is 22.2 Å². The summed E-state index contributed by atoms with van der Waals surface area (Å²) < 4.78 is 19.0. The zero-order valence-corrected chi connectivity index (χ0v) is 12.0. The Morgan fingerprint density at radius 2 is 2.00 bits per heavy atom. The highest BCUT2D eigenvalue weighted by molar-refractivity contribution is 7.11. The van der Waals surface area contributed by atoms with E-state index in [9.17, 15) is 4.39 Å². The molecular formula is C15H18FNOS. The van der Waals surface area contributed by atoms with Crippen molar-refractivity contribution in [1.82, 2.24) is 5.32 Å². The van der Waals surface area contributed by atoms with Gasteiger partial charge in [-0.15, -0.1) is 11.3 Å². The molecule has 0 bridgehead atoms. The summed E-state index contributed by atoms with van der Waals surface area (Å²) >= 11 is 1.76. The molecule has 1 N–H and O–H groups in total. The van der Waals surface area contributed by atoms with Gasteiger partial charge in [0.1, 0.15) is 18.2 Å². The van der Waals surface area contributed by atoms with Crippen molar-refractivity contribution in [2.75, 3.05) is 7.05 Å². The average molecular weight is 279 g/mol. The van der Waals surface area contributed by atoms with Gasteiger partial charge in [0, 0.05) is 21.9 Å². The number of hydrogen-bond acceptors (Lipinski definition) is 3. The highest BCUT2D eigenvalue weighted by Gasteiger charge is 2.06. The smallest absolute Gasteiger partial charge is 0.124 e. The first-order valence-corrected chi connectivity index (χ1v) is 7.18. The average Bonchev–Trinajstić information content (AvgIpc) is 2.86. The van der Waals surface area contributed by atoms with Crippen LogP contribution in [0.5, 0.6) is 5.75 Å². The highest BCUT2D eigenvalue weighted by atomic mass is 32.1. The summed E-state index contributed by atoms with van der Waals surface area (Å²) in [7, 11) is 1.83.